The standard InChI is InChI=1S/C32H31N5O8S2/c1-6-8-22-27(30(40)45-7-2)28(21-16-20(43-4)10-11-23(21)44-5)36-29(39)25(47-32(36)34-22)15-18-14-19(37(41)42)9-12-24(18)46-31-33-17(3)13-26(38)35-31/h9-16,28H,6-8H2,1-5H3,(H,33,35,38)/b25-15-/t28-/m0/s1. The van der Waals surface area contributed by atoms with Crippen LogP contribution >= 0.6 is 23.1 Å². The van der Waals surface area contributed by atoms with Crippen LogP contribution in [0.3, 0.4) is 0 Å². The number of aromatic nitrogens is 3. The van der Waals surface area contributed by atoms with Gasteiger partial charge in [0.1, 0.15) is 17.5 Å². The summed E-state index contributed by atoms with van der Waals surface area (Å²) in [5, 5.41) is 12.0. The van der Waals surface area contributed by atoms with E-state index in [-0.39, 0.29) is 33.1 Å². The van der Waals surface area contributed by atoms with Crippen molar-refractivity contribution >= 4 is 40.8 Å². The smallest absolute Gasteiger partial charge is 0.338 e. The Kier molecular flexibility index (Phi) is 10.1. The van der Waals surface area contributed by atoms with Gasteiger partial charge in [-0.15, -0.1) is 0 Å². The molecule has 5 rings (SSSR count). The summed E-state index contributed by atoms with van der Waals surface area (Å²) in [5.74, 6) is 0.295. The monoisotopic (exact) mass is 677 g/mol. The minimum absolute atomic E-state index is 0.114. The zero-order valence-corrected chi connectivity index (χ0v) is 27.8. The number of allylic oxidation sites excluding steroid dienone is 1. The number of nitrogens with one attached hydrogen (secondary N) is 1. The zero-order chi connectivity index (χ0) is 33.8. The van der Waals surface area contributed by atoms with Crippen LogP contribution < -0.4 is 29.9 Å². The van der Waals surface area contributed by atoms with Gasteiger partial charge in [0.2, 0.25) is 0 Å². The van der Waals surface area contributed by atoms with Gasteiger partial charge >= 0.3 is 5.97 Å². The van der Waals surface area contributed by atoms with Gasteiger partial charge in [-0.05, 0) is 56.2 Å². The Morgan fingerprint density at radius 1 is 1.15 bits per heavy atom. The second-order valence-corrected chi connectivity index (χ2v) is 12.3. The van der Waals surface area contributed by atoms with Gasteiger partial charge in [0, 0.05) is 34.4 Å². The van der Waals surface area contributed by atoms with E-state index in [2.05, 4.69) is 9.97 Å². The molecular weight excluding hydrogens is 647 g/mol. The number of non-ortho nitro benzene ring substituents is 1. The van der Waals surface area contributed by atoms with E-state index in [4.69, 9.17) is 19.2 Å². The molecule has 1 aliphatic heterocycles. The van der Waals surface area contributed by atoms with Crippen molar-refractivity contribution < 1.29 is 23.9 Å². The van der Waals surface area contributed by atoms with Gasteiger partial charge in [-0.3, -0.25) is 24.3 Å². The van der Waals surface area contributed by atoms with Crippen LogP contribution in [0.25, 0.3) is 6.08 Å². The highest BCUT2D eigenvalue weighted by atomic mass is 32.2. The fourth-order valence-corrected chi connectivity index (χ4v) is 7.10. The third kappa shape index (κ3) is 6.90. The van der Waals surface area contributed by atoms with Crippen LogP contribution in [-0.4, -0.2) is 46.3 Å². The van der Waals surface area contributed by atoms with Crippen LogP contribution in [0.1, 0.15) is 49.6 Å². The number of benzene rings is 2. The molecule has 0 aliphatic carbocycles. The molecule has 15 heteroatoms. The molecule has 0 fully saturated rings. The van der Waals surface area contributed by atoms with E-state index in [9.17, 15) is 24.5 Å². The number of esters is 1. The molecule has 47 heavy (non-hydrogen) atoms. The van der Waals surface area contributed by atoms with E-state index >= 15 is 0 Å². The number of thiazole rings is 1. The van der Waals surface area contributed by atoms with Crippen molar-refractivity contribution in [2.45, 2.75) is 49.7 Å². The van der Waals surface area contributed by atoms with Gasteiger partial charge in [-0.1, -0.05) is 36.4 Å². The van der Waals surface area contributed by atoms with Crippen molar-refractivity contribution in [3.63, 3.8) is 0 Å². The van der Waals surface area contributed by atoms with Crippen LogP contribution in [0, 0.1) is 17.0 Å². The summed E-state index contributed by atoms with van der Waals surface area (Å²) in [5.41, 5.74) is 1.03. The Labute approximate surface area is 276 Å². The van der Waals surface area contributed by atoms with Crippen molar-refractivity contribution in [2.24, 2.45) is 4.99 Å². The van der Waals surface area contributed by atoms with E-state index < -0.39 is 22.5 Å². The number of rotatable bonds is 11. The van der Waals surface area contributed by atoms with Gasteiger partial charge < -0.3 is 19.2 Å². The second kappa shape index (κ2) is 14.2. The Bertz CT molecular complexity index is 2150. The Balaban J connectivity index is 1.79. The number of carbonyl (C=O) groups excluding carboxylic acids is 1. The largest absolute Gasteiger partial charge is 0.497 e. The lowest BCUT2D eigenvalue weighted by atomic mass is 9.93. The fourth-order valence-electron chi connectivity index (χ4n) is 5.17. The van der Waals surface area contributed by atoms with Crippen LogP contribution in [-0.2, 0) is 9.53 Å². The predicted molar refractivity (Wildman–Crippen MR) is 176 cm³/mol. The molecule has 1 N–H and O–H groups in total. The third-order valence-electron chi connectivity index (χ3n) is 7.17. The molecule has 13 nitrogen and oxygen atoms in total. The number of nitrogens with zero attached hydrogens (tertiary/aromatic N) is 4. The lowest BCUT2D eigenvalue weighted by molar-refractivity contribution is -0.384. The minimum Gasteiger partial charge on any atom is -0.497 e. The molecular formula is C32H31N5O8S2. The molecule has 2 aromatic carbocycles. The van der Waals surface area contributed by atoms with Gasteiger partial charge in [-0.25, -0.2) is 14.8 Å². The Hall–Kier alpha value is -5.02. The molecule has 0 radical (unpaired) electrons. The van der Waals surface area contributed by atoms with Gasteiger partial charge in [0.25, 0.3) is 16.8 Å². The highest BCUT2D eigenvalue weighted by Gasteiger charge is 2.36. The van der Waals surface area contributed by atoms with E-state index in [1.807, 2.05) is 6.92 Å². The first-order chi connectivity index (χ1) is 22.6. The summed E-state index contributed by atoms with van der Waals surface area (Å²) < 4.78 is 18.3. The van der Waals surface area contributed by atoms with E-state index in [1.54, 1.807) is 38.1 Å². The third-order valence-corrected chi connectivity index (χ3v) is 9.13. The molecule has 3 heterocycles. The SMILES string of the molecule is CCCC1=C(C(=O)OCC)[C@H](c2cc(OC)ccc2OC)n2c(s/c(=C\c3cc([N+](=O)[O-])ccc3Sc3nc(C)cc(=O)[nH]3)c2=O)=N1. The van der Waals surface area contributed by atoms with Crippen molar-refractivity contribution in [1.29, 1.82) is 0 Å². The Morgan fingerprint density at radius 2 is 1.94 bits per heavy atom. The predicted octanol–water partition coefficient (Wildman–Crippen LogP) is 4.05. The second-order valence-electron chi connectivity index (χ2n) is 10.3. The number of nitro benzene ring substituents is 1. The maximum atomic E-state index is 14.4. The topological polar surface area (TPSA) is 168 Å². The lowest BCUT2D eigenvalue weighted by Gasteiger charge is -2.27. The lowest BCUT2D eigenvalue weighted by Crippen LogP contribution is -2.40. The summed E-state index contributed by atoms with van der Waals surface area (Å²) in [6, 6.07) is 9.73. The summed E-state index contributed by atoms with van der Waals surface area (Å²) >= 11 is 2.18. The number of nitro groups is 1. The quantitative estimate of drug-likeness (QED) is 0.106. The molecule has 0 amide bonds. The number of fused-ring (bicyclic) bond motifs is 1. The van der Waals surface area contributed by atoms with Gasteiger partial charge in [-0.2, -0.15) is 0 Å². The fraction of sp³-hybridized carbons (Fsp3) is 0.281. The first kappa shape index (κ1) is 33.3. The summed E-state index contributed by atoms with van der Waals surface area (Å²) in [6.45, 7) is 5.45. The number of aromatic amines is 1. The first-order valence-electron chi connectivity index (χ1n) is 14.6. The highest BCUT2D eigenvalue weighted by Crippen LogP contribution is 2.39. The van der Waals surface area contributed by atoms with Gasteiger partial charge in [0.05, 0.1) is 41.6 Å². The maximum Gasteiger partial charge on any atom is 0.338 e. The zero-order valence-electron chi connectivity index (χ0n) is 26.2. The van der Waals surface area contributed by atoms with E-state index in [0.717, 1.165) is 23.1 Å². The van der Waals surface area contributed by atoms with Crippen molar-refractivity contribution in [2.75, 3.05) is 20.8 Å². The Morgan fingerprint density at radius 3 is 2.60 bits per heavy atom. The number of H-pyrrole nitrogens is 1. The number of hydrogen-bond donors (Lipinski definition) is 1. The number of carbonyl (C=O) groups is 1. The average Bonchev–Trinajstić information content (AvgIpc) is 3.34. The van der Waals surface area contributed by atoms with Crippen molar-refractivity contribution in [1.82, 2.24) is 14.5 Å². The molecule has 0 unspecified atom stereocenters. The number of methoxy groups -OCH3 is 2. The molecule has 1 aliphatic rings. The van der Waals surface area contributed by atoms with Gasteiger partial charge in [0.15, 0.2) is 9.96 Å². The van der Waals surface area contributed by atoms with Crippen LogP contribution in [0.5, 0.6) is 11.5 Å². The first-order valence-corrected chi connectivity index (χ1v) is 16.2. The molecule has 1 atom stereocenters. The molecule has 0 saturated carbocycles. The number of ether oxygens (including phenoxy) is 3. The average molecular weight is 678 g/mol. The summed E-state index contributed by atoms with van der Waals surface area (Å²) in [6.07, 6.45) is 2.65. The highest BCUT2D eigenvalue weighted by molar-refractivity contribution is 7.99. The molecule has 244 valence electrons. The van der Waals surface area contributed by atoms with E-state index in [0.29, 0.717) is 56.6 Å². The van der Waals surface area contributed by atoms with Crippen molar-refractivity contribution in [3.8, 4) is 11.5 Å². The molecule has 0 spiro atoms. The van der Waals surface area contributed by atoms with Crippen LogP contribution in [0.2, 0.25) is 0 Å². The molecule has 0 bridgehead atoms. The normalized spacial score (nSPS) is 14.4. The summed E-state index contributed by atoms with van der Waals surface area (Å²) in [7, 11) is 3.01. The summed E-state index contributed by atoms with van der Waals surface area (Å²) in [4.78, 5) is 63.9. The van der Waals surface area contributed by atoms with Crippen LogP contribution in [0.4, 0.5) is 5.69 Å². The minimum atomic E-state index is -0.973. The van der Waals surface area contributed by atoms with Crippen LogP contribution in [0.15, 0.2) is 78.4 Å². The number of hydrogen-bond acceptors (Lipinski definition) is 12. The number of aryl methyl sites for hydroxylation is 1. The van der Waals surface area contributed by atoms with E-state index in [1.165, 1.54) is 43.1 Å². The molecule has 0 saturated heterocycles. The maximum absolute atomic E-state index is 14.4. The molecule has 2 aromatic heterocycles. The molecule has 4 aromatic rings. The van der Waals surface area contributed by atoms with Crippen molar-refractivity contribution in [3.05, 3.63) is 111 Å².